The Balaban J connectivity index is 2.44. The van der Waals surface area contributed by atoms with Crippen molar-refractivity contribution < 1.29 is 10.2 Å². The van der Waals surface area contributed by atoms with Crippen molar-refractivity contribution in [1.29, 1.82) is 0 Å². The third-order valence-corrected chi connectivity index (χ3v) is 3.71. The summed E-state index contributed by atoms with van der Waals surface area (Å²) in [6.07, 6.45) is -0.606. The number of aliphatic hydroxyl groups excluding tert-OH is 2. The summed E-state index contributed by atoms with van der Waals surface area (Å²) in [4.78, 5) is 0. The molecule has 0 aliphatic heterocycles. The van der Waals surface area contributed by atoms with E-state index in [1.54, 1.807) is 11.8 Å². The van der Waals surface area contributed by atoms with E-state index in [4.69, 9.17) is 5.11 Å². The van der Waals surface area contributed by atoms with Gasteiger partial charge in [-0.2, -0.15) is 11.8 Å². The zero-order valence-corrected chi connectivity index (χ0v) is 11.0. The summed E-state index contributed by atoms with van der Waals surface area (Å²) in [7, 11) is 0. The van der Waals surface area contributed by atoms with E-state index in [0.29, 0.717) is 5.75 Å². The van der Waals surface area contributed by atoms with Gasteiger partial charge in [0, 0.05) is 16.0 Å². The van der Waals surface area contributed by atoms with Crippen molar-refractivity contribution in [1.82, 2.24) is 0 Å². The molecule has 2 nitrogen and oxygen atoms in total. The summed E-state index contributed by atoms with van der Waals surface area (Å²) in [5.41, 5.74) is 2.52. The topological polar surface area (TPSA) is 40.5 Å². The van der Waals surface area contributed by atoms with Gasteiger partial charge < -0.3 is 10.2 Å². The largest absolute Gasteiger partial charge is 0.394 e. The Labute approximate surface area is 103 Å². The van der Waals surface area contributed by atoms with Crippen LogP contribution in [0, 0.1) is 6.92 Å². The van der Waals surface area contributed by atoms with Crippen molar-refractivity contribution in [3.63, 3.8) is 0 Å². The number of halogens is 1. The molecule has 1 aromatic rings. The van der Waals surface area contributed by atoms with Crippen molar-refractivity contribution in [2.24, 2.45) is 0 Å². The van der Waals surface area contributed by atoms with Gasteiger partial charge in [-0.05, 0) is 30.2 Å². The fraction of sp³-hybridized carbons (Fsp3) is 0.455. The molecule has 0 spiro atoms. The third kappa shape index (κ3) is 4.55. The predicted octanol–water partition coefficient (Wildman–Crippen LogP) is 2.34. The van der Waals surface area contributed by atoms with Gasteiger partial charge in [-0.1, -0.05) is 22.0 Å². The van der Waals surface area contributed by atoms with Crippen molar-refractivity contribution in [2.75, 3.05) is 12.4 Å². The molecule has 0 bridgehead atoms. The molecular weight excluding hydrogens is 276 g/mol. The van der Waals surface area contributed by atoms with Crippen molar-refractivity contribution in [3.05, 3.63) is 33.8 Å². The maximum Gasteiger partial charge on any atom is 0.0861 e. The van der Waals surface area contributed by atoms with Gasteiger partial charge in [-0.3, -0.25) is 0 Å². The number of hydrogen-bond acceptors (Lipinski definition) is 3. The number of rotatable bonds is 5. The van der Waals surface area contributed by atoms with Crippen LogP contribution in [0.3, 0.4) is 0 Å². The van der Waals surface area contributed by atoms with Crippen LogP contribution in [0.2, 0.25) is 0 Å². The molecule has 1 atom stereocenters. The fourth-order valence-corrected chi connectivity index (χ4v) is 2.69. The summed E-state index contributed by atoms with van der Waals surface area (Å²) in [5.74, 6) is 1.45. The molecule has 1 rings (SSSR count). The highest BCUT2D eigenvalue weighted by Gasteiger charge is 2.03. The molecule has 0 aromatic heterocycles. The molecule has 15 heavy (non-hydrogen) atoms. The first-order valence-corrected chi connectivity index (χ1v) is 6.70. The van der Waals surface area contributed by atoms with E-state index in [9.17, 15) is 5.11 Å². The zero-order valence-electron chi connectivity index (χ0n) is 8.61. The Morgan fingerprint density at radius 2 is 2.20 bits per heavy atom. The summed E-state index contributed by atoms with van der Waals surface area (Å²) < 4.78 is 1.09. The van der Waals surface area contributed by atoms with Crippen LogP contribution in [0.5, 0.6) is 0 Å². The average molecular weight is 291 g/mol. The van der Waals surface area contributed by atoms with Gasteiger partial charge in [0.15, 0.2) is 0 Å². The molecule has 0 amide bonds. The molecule has 0 saturated carbocycles. The van der Waals surface area contributed by atoms with E-state index in [2.05, 4.69) is 35.0 Å². The average Bonchev–Trinajstić information content (AvgIpc) is 2.21. The SMILES string of the molecule is Cc1cc(Br)ccc1CSCC(O)CO. The third-order valence-electron chi connectivity index (χ3n) is 2.08. The molecule has 2 N–H and O–H groups in total. The maximum absolute atomic E-state index is 9.17. The van der Waals surface area contributed by atoms with Gasteiger partial charge >= 0.3 is 0 Å². The van der Waals surface area contributed by atoms with Crippen LogP contribution in [-0.2, 0) is 5.75 Å². The van der Waals surface area contributed by atoms with Crippen LogP contribution < -0.4 is 0 Å². The number of aliphatic hydroxyl groups is 2. The highest BCUT2D eigenvalue weighted by atomic mass is 79.9. The lowest BCUT2D eigenvalue weighted by Crippen LogP contribution is -2.14. The smallest absolute Gasteiger partial charge is 0.0861 e. The Morgan fingerprint density at radius 3 is 2.80 bits per heavy atom. The number of aryl methyl sites for hydroxylation is 1. The first-order chi connectivity index (χ1) is 7.13. The van der Waals surface area contributed by atoms with E-state index in [1.807, 2.05) is 6.07 Å². The molecule has 1 aromatic carbocycles. The highest BCUT2D eigenvalue weighted by Crippen LogP contribution is 2.20. The molecule has 0 fully saturated rings. The standard InChI is InChI=1S/C11H15BrO2S/c1-8-4-10(12)3-2-9(8)6-15-7-11(14)5-13/h2-4,11,13-14H,5-7H2,1H3. The van der Waals surface area contributed by atoms with Gasteiger partial charge in [-0.15, -0.1) is 0 Å². The minimum absolute atomic E-state index is 0.160. The van der Waals surface area contributed by atoms with Gasteiger partial charge in [0.2, 0.25) is 0 Å². The van der Waals surface area contributed by atoms with E-state index in [0.717, 1.165) is 10.2 Å². The molecule has 0 heterocycles. The molecule has 84 valence electrons. The van der Waals surface area contributed by atoms with Crippen molar-refractivity contribution in [2.45, 2.75) is 18.8 Å². The lowest BCUT2D eigenvalue weighted by Gasteiger charge is -2.08. The minimum Gasteiger partial charge on any atom is -0.394 e. The molecule has 0 radical (unpaired) electrons. The number of thioether (sulfide) groups is 1. The second kappa shape index (κ2) is 6.53. The second-order valence-electron chi connectivity index (χ2n) is 3.42. The molecule has 0 saturated heterocycles. The van der Waals surface area contributed by atoms with Gasteiger partial charge in [0.1, 0.15) is 0 Å². The Kier molecular flexibility index (Phi) is 5.68. The first kappa shape index (κ1) is 13.0. The Morgan fingerprint density at radius 1 is 1.47 bits per heavy atom. The quantitative estimate of drug-likeness (QED) is 0.875. The molecule has 1 unspecified atom stereocenters. The van der Waals surface area contributed by atoms with Gasteiger partial charge in [0.05, 0.1) is 12.7 Å². The van der Waals surface area contributed by atoms with Crippen LogP contribution in [0.1, 0.15) is 11.1 Å². The van der Waals surface area contributed by atoms with E-state index in [-0.39, 0.29) is 6.61 Å². The van der Waals surface area contributed by atoms with Crippen LogP contribution in [-0.4, -0.2) is 28.7 Å². The maximum atomic E-state index is 9.17. The zero-order chi connectivity index (χ0) is 11.3. The number of benzene rings is 1. The summed E-state index contributed by atoms with van der Waals surface area (Å²) in [6.45, 7) is 1.91. The van der Waals surface area contributed by atoms with Gasteiger partial charge in [-0.25, -0.2) is 0 Å². The monoisotopic (exact) mass is 290 g/mol. The van der Waals surface area contributed by atoms with Crippen LogP contribution in [0.15, 0.2) is 22.7 Å². The normalized spacial score (nSPS) is 12.8. The first-order valence-electron chi connectivity index (χ1n) is 4.75. The summed E-state index contributed by atoms with van der Waals surface area (Å²) >= 11 is 5.05. The molecule has 0 aliphatic carbocycles. The summed E-state index contributed by atoms with van der Waals surface area (Å²) in [6, 6.07) is 6.18. The van der Waals surface area contributed by atoms with Crippen molar-refractivity contribution >= 4 is 27.7 Å². The molecule has 0 aliphatic rings. The number of hydrogen-bond donors (Lipinski definition) is 2. The van der Waals surface area contributed by atoms with E-state index >= 15 is 0 Å². The van der Waals surface area contributed by atoms with Gasteiger partial charge in [0.25, 0.3) is 0 Å². The Bertz CT molecular complexity index is 317. The fourth-order valence-electron chi connectivity index (χ4n) is 1.18. The Hall–Kier alpha value is -0.0300. The van der Waals surface area contributed by atoms with E-state index < -0.39 is 6.10 Å². The van der Waals surface area contributed by atoms with E-state index in [1.165, 1.54) is 11.1 Å². The summed E-state index contributed by atoms with van der Waals surface area (Å²) in [5, 5.41) is 17.8. The second-order valence-corrected chi connectivity index (χ2v) is 5.37. The minimum atomic E-state index is -0.606. The predicted molar refractivity (Wildman–Crippen MR) is 68.1 cm³/mol. The highest BCUT2D eigenvalue weighted by molar-refractivity contribution is 9.10. The van der Waals surface area contributed by atoms with Crippen LogP contribution >= 0.6 is 27.7 Å². The molecular formula is C11H15BrO2S. The lowest BCUT2D eigenvalue weighted by molar-refractivity contribution is 0.113. The van der Waals surface area contributed by atoms with Crippen LogP contribution in [0.4, 0.5) is 0 Å². The van der Waals surface area contributed by atoms with Crippen LogP contribution in [0.25, 0.3) is 0 Å². The van der Waals surface area contributed by atoms with Crippen molar-refractivity contribution in [3.8, 4) is 0 Å². The lowest BCUT2D eigenvalue weighted by atomic mass is 10.1. The molecule has 4 heteroatoms.